The number of amides is 1. The fourth-order valence-corrected chi connectivity index (χ4v) is 3.26. The molecule has 100 valence electrons. The standard InChI is InChI=1S/C15H17NO3/c17-14-13-4-2-1-3-10(13)7-8-16(14)12-6-5-11(9-12)15(18)19/h1-4,11-12H,5-9H2,(H,18,19)/t11-,12+/m1/s1. The third kappa shape index (κ3) is 2.11. The van der Waals surface area contributed by atoms with Crippen LogP contribution in [0.25, 0.3) is 0 Å². The number of carbonyl (C=O) groups is 2. The molecule has 0 unspecified atom stereocenters. The molecule has 3 rings (SSSR count). The Morgan fingerprint density at radius 2 is 2.05 bits per heavy atom. The van der Waals surface area contributed by atoms with Gasteiger partial charge in [-0.15, -0.1) is 0 Å². The van der Waals surface area contributed by atoms with Crippen LogP contribution < -0.4 is 0 Å². The van der Waals surface area contributed by atoms with Gasteiger partial charge in [-0.25, -0.2) is 0 Å². The highest BCUT2D eigenvalue weighted by Gasteiger charge is 2.37. The van der Waals surface area contributed by atoms with Crippen LogP contribution in [0, 0.1) is 5.92 Å². The quantitative estimate of drug-likeness (QED) is 0.883. The van der Waals surface area contributed by atoms with Gasteiger partial charge in [0.1, 0.15) is 0 Å². The van der Waals surface area contributed by atoms with E-state index in [-0.39, 0.29) is 17.9 Å². The monoisotopic (exact) mass is 259 g/mol. The van der Waals surface area contributed by atoms with Gasteiger partial charge < -0.3 is 10.0 Å². The lowest BCUT2D eigenvalue weighted by molar-refractivity contribution is -0.141. The van der Waals surface area contributed by atoms with Crippen molar-refractivity contribution in [3.63, 3.8) is 0 Å². The van der Waals surface area contributed by atoms with Crippen molar-refractivity contribution in [2.45, 2.75) is 31.7 Å². The molecule has 1 N–H and O–H groups in total. The van der Waals surface area contributed by atoms with Gasteiger partial charge in [0.2, 0.25) is 0 Å². The lowest BCUT2D eigenvalue weighted by Crippen LogP contribution is -2.43. The fourth-order valence-electron chi connectivity index (χ4n) is 3.26. The molecule has 2 aliphatic rings. The molecule has 1 fully saturated rings. The molecule has 0 saturated heterocycles. The zero-order chi connectivity index (χ0) is 13.4. The Kier molecular flexibility index (Phi) is 3.01. The van der Waals surface area contributed by atoms with Crippen LogP contribution in [0.15, 0.2) is 24.3 Å². The van der Waals surface area contributed by atoms with Crippen molar-refractivity contribution in [2.75, 3.05) is 6.54 Å². The lowest BCUT2D eigenvalue weighted by atomic mass is 9.97. The van der Waals surface area contributed by atoms with Crippen LogP contribution in [-0.4, -0.2) is 34.5 Å². The molecule has 1 aromatic rings. The fraction of sp³-hybridized carbons (Fsp3) is 0.467. The van der Waals surface area contributed by atoms with E-state index < -0.39 is 5.97 Å². The van der Waals surface area contributed by atoms with E-state index in [0.717, 1.165) is 24.0 Å². The van der Waals surface area contributed by atoms with E-state index in [9.17, 15) is 9.59 Å². The van der Waals surface area contributed by atoms with Gasteiger partial charge in [0.15, 0.2) is 0 Å². The smallest absolute Gasteiger partial charge is 0.306 e. The van der Waals surface area contributed by atoms with Crippen LogP contribution in [0.3, 0.4) is 0 Å². The van der Waals surface area contributed by atoms with Crippen LogP contribution in [0.2, 0.25) is 0 Å². The molecule has 2 atom stereocenters. The summed E-state index contributed by atoms with van der Waals surface area (Å²) in [6.45, 7) is 0.715. The first-order valence-electron chi connectivity index (χ1n) is 6.78. The maximum atomic E-state index is 12.5. The zero-order valence-corrected chi connectivity index (χ0v) is 10.7. The number of carboxylic acid groups (broad SMARTS) is 1. The number of carbonyl (C=O) groups excluding carboxylic acids is 1. The molecule has 0 radical (unpaired) electrons. The molecular weight excluding hydrogens is 242 g/mol. The predicted octanol–water partition coefficient (Wildman–Crippen LogP) is 1.94. The molecule has 1 aliphatic carbocycles. The minimum Gasteiger partial charge on any atom is -0.481 e. The Hall–Kier alpha value is -1.84. The van der Waals surface area contributed by atoms with E-state index in [1.54, 1.807) is 0 Å². The summed E-state index contributed by atoms with van der Waals surface area (Å²) in [6, 6.07) is 7.81. The summed E-state index contributed by atoms with van der Waals surface area (Å²) in [6.07, 6.45) is 2.97. The van der Waals surface area contributed by atoms with Gasteiger partial charge in [-0.05, 0) is 37.3 Å². The maximum absolute atomic E-state index is 12.5. The highest BCUT2D eigenvalue weighted by Crippen LogP contribution is 2.32. The van der Waals surface area contributed by atoms with E-state index >= 15 is 0 Å². The van der Waals surface area contributed by atoms with Gasteiger partial charge in [-0.3, -0.25) is 9.59 Å². The molecule has 1 saturated carbocycles. The van der Waals surface area contributed by atoms with E-state index in [1.807, 2.05) is 29.2 Å². The molecule has 19 heavy (non-hydrogen) atoms. The van der Waals surface area contributed by atoms with Gasteiger partial charge in [0.05, 0.1) is 5.92 Å². The minimum absolute atomic E-state index is 0.0675. The summed E-state index contributed by atoms with van der Waals surface area (Å²) in [5, 5.41) is 9.05. The van der Waals surface area contributed by atoms with E-state index in [0.29, 0.717) is 19.4 Å². The first-order valence-corrected chi connectivity index (χ1v) is 6.78. The average molecular weight is 259 g/mol. The normalized spacial score (nSPS) is 26.3. The van der Waals surface area contributed by atoms with Gasteiger partial charge in [0, 0.05) is 18.2 Å². The first kappa shape index (κ1) is 12.2. The second-order valence-corrected chi connectivity index (χ2v) is 5.41. The number of rotatable bonds is 2. The second kappa shape index (κ2) is 4.68. The summed E-state index contributed by atoms with van der Waals surface area (Å²) in [4.78, 5) is 25.3. The number of aliphatic carboxylic acids is 1. The highest BCUT2D eigenvalue weighted by atomic mass is 16.4. The van der Waals surface area contributed by atoms with Crippen molar-refractivity contribution in [3.05, 3.63) is 35.4 Å². The van der Waals surface area contributed by atoms with Gasteiger partial charge in [-0.1, -0.05) is 18.2 Å². The molecule has 1 aliphatic heterocycles. The molecule has 1 amide bonds. The third-order valence-corrected chi connectivity index (χ3v) is 4.33. The molecule has 0 aromatic heterocycles. The molecular formula is C15H17NO3. The number of fused-ring (bicyclic) bond motifs is 1. The van der Waals surface area contributed by atoms with E-state index in [2.05, 4.69) is 0 Å². The van der Waals surface area contributed by atoms with E-state index in [1.165, 1.54) is 0 Å². The Morgan fingerprint density at radius 3 is 2.79 bits per heavy atom. The first-order chi connectivity index (χ1) is 9.16. The van der Waals surface area contributed by atoms with Crippen molar-refractivity contribution < 1.29 is 14.7 Å². The Labute approximate surface area is 112 Å². The molecule has 0 bridgehead atoms. The molecule has 4 nitrogen and oxygen atoms in total. The van der Waals surface area contributed by atoms with Gasteiger partial charge in [0.25, 0.3) is 5.91 Å². The van der Waals surface area contributed by atoms with Crippen molar-refractivity contribution in [1.29, 1.82) is 0 Å². The van der Waals surface area contributed by atoms with Crippen LogP contribution in [-0.2, 0) is 11.2 Å². The number of carboxylic acids is 1. The minimum atomic E-state index is -0.729. The van der Waals surface area contributed by atoms with Crippen molar-refractivity contribution in [2.24, 2.45) is 5.92 Å². The Bertz CT molecular complexity index is 526. The van der Waals surface area contributed by atoms with E-state index in [4.69, 9.17) is 5.11 Å². The second-order valence-electron chi connectivity index (χ2n) is 5.41. The Balaban J connectivity index is 1.78. The summed E-state index contributed by atoms with van der Waals surface area (Å²) in [5.74, 6) is -0.944. The van der Waals surface area contributed by atoms with Gasteiger partial charge >= 0.3 is 5.97 Å². The number of benzene rings is 1. The number of hydrogen-bond donors (Lipinski definition) is 1. The summed E-state index contributed by atoms with van der Waals surface area (Å²) in [7, 11) is 0. The summed E-state index contributed by atoms with van der Waals surface area (Å²) >= 11 is 0. The zero-order valence-electron chi connectivity index (χ0n) is 10.7. The largest absolute Gasteiger partial charge is 0.481 e. The van der Waals surface area contributed by atoms with Crippen molar-refractivity contribution in [1.82, 2.24) is 4.90 Å². The molecule has 1 aromatic carbocycles. The number of nitrogens with zero attached hydrogens (tertiary/aromatic N) is 1. The molecule has 4 heteroatoms. The third-order valence-electron chi connectivity index (χ3n) is 4.33. The van der Waals surface area contributed by atoms with Crippen molar-refractivity contribution in [3.8, 4) is 0 Å². The molecule has 0 spiro atoms. The molecule has 1 heterocycles. The Morgan fingerprint density at radius 1 is 1.26 bits per heavy atom. The maximum Gasteiger partial charge on any atom is 0.306 e. The predicted molar refractivity (Wildman–Crippen MR) is 69.9 cm³/mol. The van der Waals surface area contributed by atoms with Crippen LogP contribution in [0.1, 0.15) is 35.2 Å². The van der Waals surface area contributed by atoms with Crippen LogP contribution in [0.4, 0.5) is 0 Å². The summed E-state index contributed by atoms with van der Waals surface area (Å²) in [5.41, 5.74) is 1.89. The topological polar surface area (TPSA) is 57.6 Å². The van der Waals surface area contributed by atoms with Gasteiger partial charge in [-0.2, -0.15) is 0 Å². The number of hydrogen-bond acceptors (Lipinski definition) is 2. The van der Waals surface area contributed by atoms with Crippen LogP contribution in [0.5, 0.6) is 0 Å². The van der Waals surface area contributed by atoms with Crippen LogP contribution >= 0.6 is 0 Å². The highest BCUT2D eigenvalue weighted by molar-refractivity contribution is 5.97. The average Bonchev–Trinajstić information content (AvgIpc) is 2.89. The summed E-state index contributed by atoms with van der Waals surface area (Å²) < 4.78 is 0. The lowest BCUT2D eigenvalue weighted by Gasteiger charge is -2.33. The SMILES string of the molecule is O=C(O)[C@@H]1CC[C@H](N2CCc3ccccc3C2=O)C1. The van der Waals surface area contributed by atoms with Crippen molar-refractivity contribution >= 4 is 11.9 Å².